The summed E-state index contributed by atoms with van der Waals surface area (Å²) in [6.07, 6.45) is 1.49. The minimum Gasteiger partial charge on any atom is -0.395 e. The van der Waals surface area contributed by atoms with Crippen molar-refractivity contribution in [1.82, 2.24) is 4.31 Å². The van der Waals surface area contributed by atoms with E-state index in [1.165, 1.54) is 22.5 Å². The van der Waals surface area contributed by atoms with E-state index in [0.717, 1.165) is 4.47 Å². The molecule has 0 spiro atoms. The fraction of sp³-hybridized carbons (Fsp3) is 0.273. The van der Waals surface area contributed by atoms with Gasteiger partial charge in [-0.15, -0.1) is 6.58 Å². The number of nitrogens with zero attached hydrogens (tertiary/aromatic N) is 1. The zero-order valence-corrected chi connectivity index (χ0v) is 11.6. The normalized spacial score (nSPS) is 11.7. The van der Waals surface area contributed by atoms with E-state index in [-0.39, 0.29) is 24.6 Å². The van der Waals surface area contributed by atoms with Crippen LogP contribution < -0.4 is 0 Å². The van der Waals surface area contributed by atoms with Gasteiger partial charge < -0.3 is 5.11 Å². The summed E-state index contributed by atoms with van der Waals surface area (Å²) in [5.74, 6) is 0. The first-order chi connectivity index (χ1) is 8.02. The van der Waals surface area contributed by atoms with Gasteiger partial charge in [-0.2, -0.15) is 4.31 Å². The predicted octanol–water partition coefficient (Wildman–Crippen LogP) is 1.62. The van der Waals surface area contributed by atoms with Crippen LogP contribution in [-0.4, -0.2) is 37.5 Å². The molecule has 1 rings (SSSR count). The van der Waals surface area contributed by atoms with Gasteiger partial charge >= 0.3 is 0 Å². The average molecular weight is 320 g/mol. The Morgan fingerprint density at radius 3 is 2.41 bits per heavy atom. The first kappa shape index (κ1) is 14.4. The molecule has 0 aromatic heterocycles. The van der Waals surface area contributed by atoms with Gasteiger partial charge in [0.05, 0.1) is 11.5 Å². The van der Waals surface area contributed by atoms with Crippen LogP contribution in [-0.2, 0) is 10.0 Å². The summed E-state index contributed by atoms with van der Waals surface area (Å²) in [6, 6.07) is 6.37. The Morgan fingerprint density at radius 1 is 1.35 bits per heavy atom. The van der Waals surface area contributed by atoms with Crippen molar-refractivity contribution in [2.75, 3.05) is 19.7 Å². The Hall–Kier alpha value is -0.690. The number of hydrogen-bond donors (Lipinski definition) is 1. The lowest BCUT2D eigenvalue weighted by Gasteiger charge is -2.19. The van der Waals surface area contributed by atoms with Crippen molar-refractivity contribution in [3.8, 4) is 0 Å². The summed E-state index contributed by atoms with van der Waals surface area (Å²) >= 11 is 3.25. The van der Waals surface area contributed by atoms with Gasteiger partial charge in [0, 0.05) is 17.6 Å². The quantitative estimate of drug-likeness (QED) is 0.811. The van der Waals surface area contributed by atoms with Crippen LogP contribution in [0.25, 0.3) is 0 Å². The molecule has 0 atom stereocenters. The van der Waals surface area contributed by atoms with Crippen LogP contribution in [0.5, 0.6) is 0 Å². The minimum absolute atomic E-state index is 0.0599. The second-order valence-corrected chi connectivity index (χ2v) is 6.18. The van der Waals surface area contributed by atoms with Gasteiger partial charge in [-0.1, -0.05) is 22.0 Å². The largest absolute Gasteiger partial charge is 0.395 e. The lowest BCUT2D eigenvalue weighted by molar-refractivity contribution is 0.260. The molecular formula is C11H14BrNO3S. The van der Waals surface area contributed by atoms with E-state index >= 15 is 0 Å². The molecule has 0 saturated carbocycles. The lowest BCUT2D eigenvalue weighted by atomic mass is 10.4. The van der Waals surface area contributed by atoms with Gasteiger partial charge in [-0.25, -0.2) is 8.42 Å². The fourth-order valence-electron chi connectivity index (χ4n) is 1.32. The molecule has 0 heterocycles. The molecule has 6 heteroatoms. The van der Waals surface area contributed by atoms with Gasteiger partial charge in [-0.05, 0) is 24.3 Å². The zero-order valence-electron chi connectivity index (χ0n) is 9.21. The third kappa shape index (κ3) is 3.64. The van der Waals surface area contributed by atoms with E-state index in [2.05, 4.69) is 22.5 Å². The van der Waals surface area contributed by atoms with Crippen LogP contribution in [0.1, 0.15) is 0 Å². The molecule has 4 nitrogen and oxygen atoms in total. The zero-order chi connectivity index (χ0) is 12.9. The first-order valence-electron chi connectivity index (χ1n) is 5.00. The third-order valence-electron chi connectivity index (χ3n) is 2.13. The Labute approximate surface area is 110 Å². The Kier molecular flexibility index (Phi) is 5.32. The van der Waals surface area contributed by atoms with Crippen LogP contribution in [0.15, 0.2) is 46.3 Å². The van der Waals surface area contributed by atoms with Gasteiger partial charge in [0.15, 0.2) is 0 Å². The smallest absolute Gasteiger partial charge is 0.243 e. The third-order valence-corrected chi connectivity index (χ3v) is 4.54. The van der Waals surface area contributed by atoms with Crippen LogP contribution in [0.2, 0.25) is 0 Å². The van der Waals surface area contributed by atoms with E-state index in [4.69, 9.17) is 5.11 Å². The highest BCUT2D eigenvalue weighted by Crippen LogP contribution is 2.18. The van der Waals surface area contributed by atoms with E-state index in [9.17, 15) is 8.42 Å². The van der Waals surface area contributed by atoms with Crippen molar-refractivity contribution in [2.24, 2.45) is 0 Å². The Balaban J connectivity index is 3.06. The van der Waals surface area contributed by atoms with Crippen LogP contribution >= 0.6 is 15.9 Å². The van der Waals surface area contributed by atoms with Crippen LogP contribution in [0, 0.1) is 0 Å². The summed E-state index contributed by atoms with van der Waals surface area (Å²) < 4.78 is 26.3. The maximum absolute atomic E-state index is 12.2. The number of halogens is 1. The van der Waals surface area contributed by atoms with Crippen LogP contribution in [0.4, 0.5) is 0 Å². The van der Waals surface area contributed by atoms with Crippen molar-refractivity contribution in [3.63, 3.8) is 0 Å². The molecule has 17 heavy (non-hydrogen) atoms. The van der Waals surface area contributed by atoms with Gasteiger partial charge in [0.2, 0.25) is 10.0 Å². The Morgan fingerprint density at radius 2 is 1.94 bits per heavy atom. The lowest BCUT2D eigenvalue weighted by Crippen LogP contribution is -2.33. The molecule has 94 valence electrons. The standard InChI is InChI=1S/C11H14BrNO3S/c1-2-7-13(8-9-14)17(15,16)11-5-3-10(12)4-6-11/h2-6,14H,1,7-9H2. The van der Waals surface area contributed by atoms with E-state index in [1.807, 2.05) is 0 Å². The minimum atomic E-state index is -3.56. The highest BCUT2D eigenvalue weighted by atomic mass is 79.9. The Bertz CT molecular complexity index is 470. The summed E-state index contributed by atoms with van der Waals surface area (Å²) in [5, 5.41) is 8.87. The van der Waals surface area contributed by atoms with Crippen molar-refractivity contribution in [3.05, 3.63) is 41.4 Å². The number of rotatable bonds is 6. The van der Waals surface area contributed by atoms with Crippen molar-refractivity contribution in [2.45, 2.75) is 4.90 Å². The number of sulfonamides is 1. The predicted molar refractivity (Wildman–Crippen MR) is 70.2 cm³/mol. The second kappa shape index (κ2) is 6.30. The molecule has 0 radical (unpaired) electrons. The van der Waals surface area contributed by atoms with E-state index < -0.39 is 10.0 Å². The van der Waals surface area contributed by atoms with Crippen LogP contribution in [0.3, 0.4) is 0 Å². The molecule has 0 aliphatic heterocycles. The molecule has 0 aliphatic rings. The molecule has 1 aromatic carbocycles. The van der Waals surface area contributed by atoms with E-state index in [1.54, 1.807) is 12.1 Å². The molecule has 0 amide bonds. The summed E-state index contributed by atoms with van der Waals surface area (Å²) in [4.78, 5) is 0.205. The molecule has 0 aliphatic carbocycles. The maximum Gasteiger partial charge on any atom is 0.243 e. The average Bonchev–Trinajstić information content (AvgIpc) is 2.29. The summed E-state index contributed by atoms with van der Waals surface area (Å²) in [5.41, 5.74) is 0. The molecule has 0 fully saturated rings. The molecule has 0 unspecified atom stereocenters. The highest BCUT2D eigenvalue weighted by Gasteiger charge is 2.22. The first-order valence-corrected chi connectivity index (χ1v) is 7.23. The van der Waals surface area contributed by atoms with Crippen molar-refractivity contribution in [1.29, 1.82) is 0 Å². The molecule has 1 aromatic rings. The van der Waals surface area contributed by atoms with Crippen molar-refractivity contribution >= 4 is 26.0 Å². The molecule has 0 saturated heterocycles. The highest BCUT2D eigenvalue weighted by molar-refractivity contribution is 9.10. The summed E-state index contributed by atoms with van der Waals surface area (Å²) in [6.45, 7) is 3.53. The SMILES string of the molecule is C=CCN(CCO)S(=O)(=O)c1ccc(Br)cc1. The summed E-state index contributed by atoms with van der Waals surface area (Å²) in [7, 11) is -3.56. The number of benzene rings is 1. The van der Waals surface area contributed by atoms with Crippen molar-refractivity contribution < 1.29 is 13.5 Å². The molecular weight excluding hydrogens is 306 g/mol. The fourth-order valence-corrected chi connectivity index (χ4v) is 2.99. The van der Waals surface area contributed by atoms with Gasteiger partial charge in [0.25, 0.3) is 0 Å². The number of aliphatic hydroxyl groups is 1. The molecule has 1 N–H and O–H groups in total. The maximum atomic E-state index is 12.2. The van der Waals surface area contributed by atoms with Gasteiger partial charge in [-0.3, -0.25) is 0 Å². The number of hydrogen-bond acceptors (Lipinski definition) is 3. The molecule has 0 bridgehead atoms. The number of aliphatic hydroxyl groups excluding tert-OH is 1. The monoisotopic (exact) mass is 319 g/mol. The second-order valence-electron chi connectivity index (χ2n) is 3.33. The van der Waals surface area contributed by atoms with Gasteiger partial charge in [0.1, 0.15) is 0 Å². The van der Waals surface area contributed by atoms with E-state index in [0.29, 0.717) is 0 Å². The topological polar surface area (TPSA) is 57.6 Å².